The third-order valence-corrected chi connectivity index (χ3v) is 4.08. The van der Waals surface area contributed by atoms with Crippen LogP contribution in [0.3, 0.4) is 0 Å². The van der Waals surface area contributed by atoms with Gasteiger partial charge in [-0.25, -0.2) is 0 Å². The standard InChI is InChI=1S/C11H20O/c1-8-6-5-7-9(2)11(8,4)10(3)12/h8-9H,5-7H2,1-4H3. The maximum atomic E-state index is 11.5. The van der Waals surface area contributed by atoms with Crippen molar-refractivity contribution in [2.75, 3.05) is 0 Å². The van der Waals surface area contributed by atoms with Crippen LogP contribution in [0.25, 0.3) is 0 Å². The molecule has 1 rings (SSSR count). The zero-order valence-corrected chi connectivity index (χ0v) is 8.68. The highest BCUT2D eigenvalue weighted by molar-refractivity contribution is 5.82. The lowest BCUT2D eigenvalue weighted by atomic mass is 9.60. The van der Waals surface area contributed by atoms with Gasteiger partial charge in [0, 0.05) is 5.41 Å². The first-order valence-corrected chi connectivity index (χ1v) is 5.00. The highest BCUT2D eigenvalue weighted by Gasteiger charge is 2.42. The second kappa shape index (κ2) is 3.20. The van der Waals surface area contributed by atoms with Gasteiger partial charge in [0.15, 0.2) is 0 Å². The number of rotatable bonds is 1. The second-order valence-corrected chi connectivity index (χ2v) is 4.57. The predicted octanol–water partition coefficient (Wildman–Crippen LogP) is 3.04. The van der Waals surface area contributed by atoms with Gasteiger partial charge in [0.2, 0.25) is 0 Å². The fourth-order valence-electron chi connectivity index (χ4n) is 2.51. The summed E-state index contributed by atoms with van der Waals surface area (Å²) in [6.07, 6.45) is 3.74. The molecule has 1 nitrogen and oxygen atoms in total. The molecule has 0 aromatic rings. The van der Waals surface area contributed by atoms with Gasteiger partial charge in [-0.3, -0.25) is 4.79 Å². The molecule has 0 amide bonds. The van der Waals surface area contributed by atoms with Crippen LogP contribution >= 0.6 is 0 Å². The molecular formula is C11H20O. The first-order valence-electron chi connectivity index (χ1n) is 5.00. The quantitative estimate of drug-likeness (QED) is 0.588. The number of carbonyl (C=O) groups is 1. The number of carbonyl (C=O) groups excluding carboxylic acids is 1. The number of ketones is 1. The molecule has 0 radical (unpaired) electrons. The molecule has 0 saturated heterocycles. The Balaban J connectivity index is 2.87. The van der Waals surface area contributed by atoms with E-state index in [1.165, 1.54) is 19.3 Å². The zero-order valence-electron chi connectivity index (χ0n) is 8.68. The zero-order chi connectivity index (χ0) is 9.35. The molecule has 0 spiro atoms. The van der Waals surface area contributed by atoms with Crippen molar-refractivity contribution in [3.63, 3.8) is 0 Å². The van der Waals surface area contributed by atoms with Gasteiger partial charge in [-0.15, -0.1) is 0 Å². The van der Waals surface area contributed by atoms with E-state index in [9.17, 15) is 4.79 Å². The Morgan fingerprint density at radius 3 is 1.92 bits per heavy atom. The molecule has 1 fully saturated rings. The molecule has 0 bridgehead atoms. The van der Waals surface area contributed by atoms with Crippen LogP contribution in [0.4, 0.5) is 0 Å². The van der Waals surface area contributed by atoms with Gasteiger partial charge >= 0.3 is 0 Å². The number of Topliss-reactive ketones (excluding diaryl/α,β-unsaturated/α-hetero) is 1. The van der Waals surface area contributed by atoms with Crippen LogP contribution in [0.1, 0.15) is 47.0 Å². The molecule has 0 heterocycles. The molecule has 2 unspecified atom stereocenters. The monoisotopic (exact) mass is 168 g/mol. The van der Waals surface area contributed by atoms with Crippen molar-refractivity contribution in [1.29, 1.82) is 0 Å². The molecule has 0 aromatic heterocycles. The Kier molecular flexibility index (Phi) is 2.60. The minimum Gasteiger partial charge on any atom is -0.299 e. The van der Waals surface area contributed by atoms with Crippen LogP contribution in [0.5, 0.6) is 0 Å². The molecule has 12 heavy (non-hydrogen) atoms. The van der Waals surface area contributed by atoms with Gasteiger partial charge in [-0.1, -0.05) is 27.2 Å². The van der Waals surface area contributed by atoms with Crippen LogP contribution in [-0.4, -0.2) is 5.78 Å². The summed E-state index contributed by atoms with van der Waals surface area (Å²) in [6, 6.07) is 0. The van der Waals surface area contributed by atoms with E-state index >= 15 is 0 Å². The lowest BCUT2D eigenvalue weighted by molar-refractivity contribution is -0.133. The molecule has 1 aliphatic carbocycles. The summed E-state index contributed by atoms with van der Waals surface area (Å²) in [6.45, 7) is 8.33. The topological polar surface area (TPSA) is 17.1 Å². The predicted molar refractivity (Wildman–Crippen MR) is 51.0 cm³/mol. The normalized spacial score (nSPS) is 42.7. The lowest BCUT2D eigenvalue weighted by Gasteiger charge is -2.43. The Hall–Kier alpha value is -0.330. The van der Waals surface area contributed by atoms with E-state index in [0.29, 0.717) is 17.6 Å². The summed E-state index contributed by atoms with van der Waals surface area (Å²) < 4.78 is 0. The molecule has 70 valence electrons. The average molecular weight is 168 g/mol. The summed E-state index contributed by atoms with van der Waals surface area (Å²) in [4.78, 5) is 11.5. The van der Waals surface area contributed by atoms with Crippen molar-refractivity contribution in [1.82, 2.24) is 0 Å². The number of hydrogen-bond donors (Lipinski definition) is 0. The van der Waals surface area contributed by atoms with Gasteiger partial charge in [0.1, 0.15) is 5.78 Å². The highest BCUT2D eigenvalue weighted by Crippen LogP contribution is 2.45. The van der Waals surface area contributed by atoms with Crippen LogP contribution in [0, 0.1) is 17.3 Å². The van der Waals surface area contributed by atoms with E-state index in [0.717, 1.165) is 0 Å². The van der Waals surface area contributed by atoms with Crippen LogP contribution < -0.4 is 0 Å². The highest BCUT2D eigenvalue weighted by atomic mass is 16.1. The summed E-state index contributed by atoms with van der Waals surface area (Å²) in [5, 5.41) is 0. The molecule has 1 heteroatoms. The summed E-state index contributed by atoms with van der Waals surface area (Å²) >= 11 is 0. The number of hydrogen-bond acceptors (Lipinski definition) is 1. The molecular weight excluding hydrogens is 148 g/mol. The second-order valence-electron chi connectivity index (χ2n) is 4.57. The fourth-order valence-corrected chi connectivity index (χ4v) is 2.51. The van der Waals surface area contributed by atoms with Gasteiger partial charge < -0.3 is 0 Å². The van der Waals surface area contributed by atoms with Crippen molar-refractivity contribution in [2.45, 2.75) is 47.0 Å². The van der Waals surface area contributed by atoms with Gasteiger partial charge in [0.05, 0.1) is 0 Å². The smallest absolute Gasteiger partial charge is 0.136 e. The van der Waals surface area contributed by atoms with Crippen molar-refractivity contribution in [2.24, 2.45) is 17.3 Å². The van der Waals surface area contributed by atoms with Gasteiger partial charge in [0.25, 0.3) is 0 Å². The SMILES string of the molecule is CC(=O)C1(C)C(C)CCCC1C. The minimum atomic E-state index is -0.0434. The van der Waals surface area contributed by atoms with Gasteiger partial charge in [-0.2, -0.15) is 0 Å². The molecule has 0 aliphatic heterocycles. The molecule has 1 aliphatic rings. The van der Waals surface area contributed by atoms with Crippen LogP contribution in [0.15, 0.2) is 0 Å². The Morgan fingerprint density at radius 1 is 1.25 bits per heavy atom. The van der Waals surface area contributed by atoms with E-state index in [1.807, 2.05) is 0 Å². The van der Waals surface area contributed by atoms with E-state index in [-0.39, 0.29) is 5.41 Å². The Morgan fingerprint density at radius 2 is 1.67 bits per heavy atom. The molecule has 0 N–H and O–H groups in total. The van der Waals surface area contributed by atoms with E-state index < -0.39 is 0 Å². The van der Waals surface area contributed by atoms with Crippen molar-refractivity contribution < 1.29 is 4.79 Å². The maximum absolute atomic E-state index is 11.5. The average Bonchev–Trinajstić information content (AvgIpc) is 1.99. The molecule has 0 aromatic carbocycles. The first-order chi connectivity index (χ1) is 5.49. The Labute approximate surface area is 75.5 Å². The Bertz CT molecular complexity index is 173. The largest absolute Gasteiger partial charge is 0.299 e. The third-order valence-electron chi connectivity index (χ3n) is 4.08. The van der Waals surface area contributed by atoms with E-state index in [4.69, 9.17) is 0 Å². The third kappa shape index (κ3) is 1.30. The minimum absolute atomic E-state index is 0.0434. The molecule has 1 saturated carbocycles. The molecule has 2 atom stereocenters. The first kappa shape index (κ1) is 9.76. The fraction of sp³-hybridized carbons (Fsp3) is 0.909. The van der Waals surface area contributed by atoms with E-state index in [2.05, 4.69) is 20.8 Å². The van der Waals surface area contributed by atoms with Crippen LogP contribution in [0.2, 0.25) is 0 Å². The van der Waals surface area contributed by atoms with Crippen molar-refractivity contribution in [3.05, 3.63) is 0 Å². The lowest BCUT2D eigenvalue weighted by Crippen LogP contribution is -2.41. The summed E-state index contributed by atoms with van der Waals surface area (Å²) in [5.41, 5.74) is -0.0434. The maximum Gasteiger partial charge on any atom is 0.136 e. The van der Waals surface area contributed by atoms with E-state index in [1.54, 1.807) is 6.92 Å². The van der Waals surface area contributed by atoms with Crippen molar-refractivity contribution >= 4 is 5.78 Å². The summed E-state index contributed by atoms with van der Waals surface area (Å²) in [7, 11) is 0. The van der Waals surface area contributed by atoms with Gasteiger partial charge in [-0.05, 0) is 31.6 Å². The van der Waals surface area contributed by atoms with Crippen molar-refractivity contribution in [3.8, 4) is 0 Å². The van der Waals surface area contributed by atoms with Crippen LogP contribution in [-0.2, 0) is 4.79 Å². The summed E-state index contributed by atoms with van der Waals surface area (Å²) in [5.74, 6) is 1.51.